The Morgan fingerprint density at radius 3 is 2.72 bits per heavy atom. The van der Waals surface area contributed by atoms with Crippen LogP contribution in [0.15, 0.2) is 12.3 Å². The largest absolute Gasteiger partial charge is 0.327 e. The van der Waals surface area contributed by atoms with E-state index in [4.69, 9.17) is 5.73 Å². The van der Waals surface area contributed by atoms with Gasteiger partial charge in [0.1, 0.15) is 0 Å². The highest BCUT2D eigenvalue weighted by Gasteiger charge is 2.27. The number of aromatic nitrogens is 2. The molecule has 1 heterocycles. The van der Waals surface area contributed by atoms with E-state index >= 15 is 0 Å². The average molecular weight is 249 g/mol. The monoisotopic (exact) mass is 249 g/mol. The Kier molecular flexibility index (Phi) is 4.81. The van der Waals surface area contributed by atoms with E-state index in [-0.39, 0.29) is 0 Å². The van der Waals surface area contributed by atoms with Crippen molar-refractivity contribution in [1.82, 2.24) is 9.78 Å². The Bertz CT molecular complexity index is 350. The minimum absolute atomic E-state index is 0.436. The molecule has 0 bridgehead atoms. The van der Waals surface area contributed by atoms with Gasteiger partial charge in [0.05, 0.1) is 11.7 Å². The molecule has 0 radical (unpaired) electrons. The highest BCUT2D eigenvalue weighted by Crippen LogP contribution is 2.33. The minimum atomic E-state index is 0.436. The molecule has 1 aliphatic carbocycles. The highest BCUT2D eigenvalue weighted by molar-refractivity contribution is 5.00. The number of nitrogens with zero attached hydrogens (tertiary/aromatic N) is 2. The quantitative estimate of drug-likeness (QED) is 0.768. The molecule has 18 heavy (non-hydrogen) atoms. The second kappa shape index (κ2) is 6.37. The lowest BCUT2D eigenvalue weighted by atomic mass is 10.1. The van der Waals surface area contributed by atoms with Crippen LogP contribution in [0.1, 0.15) is 64.1 Å². The summed E-state index contributed by atoms with van der Waals surface area (Å²) in [6.07, 6.45) is 10.6. The molecule has 3 nitrogen and oxygen atoms in total. The van der Waals surface area contributed by atoms with Crippen molar-refractivity contribution in [1.29, 1.82) is 0 Å². The van der Waals surface area contributed by atoms with E-state index in [1.54, 1.807) is 0 Å². The highest BCUT2D eigenvalue weighted by atomic mass is 15.3. The third-order valence-electron chi connectivity index (χ3n) is 4.18. The lowest BCUT2D eigenvalue weighted by Gasteiger charge is -2.12. The molecular weight excluding hydrogens is 222 g/mol. The second-order valence-electron chi connectivity index (χ2n) is 5.65. The topological polar surface area (TPSA) is 43.8 Å². The molecule has 3 heteroatoms. The van der Waals surface area contributed by atoms with Gasteiger partial charge in [0, 0.05) is 12.2 Å². The first-order valence-electron chi connectivity index (χ1n) is 7.54. The Morgan fingerprint density at radius 1 is 1.39 bits per heavy atom. The Balaban J connectivity index is 1.75. The summed E-state index contributed by atoms with van der Waals surface area (Å²) in [4.78, 5) is 0. The standard InChI is InChI=1S/C15H27N3/c1-3-14(4-2)18-11-10-13(17-18)6-5-7-15(16)12-8-9-12/h10-12,14-15H,3-9,16H2,1-2H3. The zero-order chi connectivity index (χ0) is 13.0. The number of nitrogens with two attached hydrogens (primary N) is 1. The first-order chi connectivity index (χ1) is 8.74. The molecule has 1 unspecified atom stereocenters. The van der Waals surface area contributed by atoms with Crippen LogP contribution in [0.3, 0.4) is 0 Å². The second-order valence-corrected chi connectivity index (χ2v) is 5.65. The zero-order valence-corrected chi connectivity index (χ0v) is 11.8. The van der Waals surface area contributed by atoms with Crippen LogP contribution >= 0.6 is 0 Å². The van der Waals surface area contributed by atoms with Crippen LogP contribution in [0.25, 0.3) is 0 Å². The van der Waals surface area contributed by atoms with E-state index in [1.807, 2.05) is 0 Å². The van der Waals surface area contributed by atoms with Crippen LogP contribution in [0.2, 0.25) is 0 Å². The SMILES string of the molecule is CCC(CC)n1ccc(CCCC(N)C2CC2)n1. The van der Waals surface area contributed by atoms with Crippen LogP contribution in [-0.2, 0) is 6.42 Å². The number of hydrogen-bond donors (Lipinski definition) is 1. The summed E-state index contributed by atoms with van der Waals surface area (Å²) in [6, 6.07) is 3.17. The molecule has 1 fully saturated rings. The molecule has 1 aliphatic rings. The van der Waals surface area contributed by atoms with E-state index in [2.05, 4.69) is 35.9 Å². The van der Waals surface area contributed by atoms with Crippen LogP contribution in [0.5, 0.6) is 0 Å². The summed E-state index contributed by atoms with van der Waals surface area (Å²) < 4.78 is 2.14. The summed E-state index contributed by atoms with van der Waals surface area (Å²) in [5.74, 6) is 0.826. The van der Waals surface area contributed by atoms with Gasteiger partial charge in [-0.05, 0) is 56.9 Å². The molecule has 0 aromatic carbocycles. The Hall–Kier alpha value is -0.830. The fraction of sp³-hybridized carbons (Fsp3) is 0.800. The first kappa shape index (κ1) is 13.6. The third-order valence-corrected chi connectivity index (χ3v) is 4.18. The lowest BCUT2D eigenvalue weighted by Crippen LogP contribution is -2.22. The lowest BCUT2D eigenvalue weighted by molar-refractivity contribution is 0.424. The van der Waals surface area contributed by atoms with Gasteiger partial charge in [-0.2, -0.15) is 5.10 Å². The van der Waals surface area contributed by atoms with Gasteiger partial charge in [-0.1, -0.05) is 13.8 Å². The fourth-order valence-electron chi connectivity index (χ4n) is 2.66. The van der Waals surface area contributed by atoms with Crippen molar-refractivity contribution in [3.63, 3.8) is 0 Å². The van der Waals surface area contributed by atoms with E-state index < -0.39 is 0 Å². The van der Waals surface area contributed by atoms with Gasteiger partial charge < -0.3 is 5.73 Å². The van der Waals surface area contributed by atoms with Gasteiger partial charge in [0.15, 0.2) is 0 Å². The maximum Gasteiger partial charge on any atom is 0.0624 e. The Labute approximate surface area is 111 Å². The van der Waals surface area contributed by atoms with Crippen LogP contribution in [0.4, 0.5) is 0 Å². The molecule has 2 rings (SSSR count). The number of aryl methyl sites for hydroxylation is 1. The van der Waals surface area contributed by atoms with Crippen molar-refractivity contribution in [2.75, 3.05) is 0 Å². The zero-order valence-electron chi connectivity index (χ0n) is 11.8. The van der Waals surface area contributed by atoms with Crippen molar-refractivity contribution >= 4 is 0 Å². The van der Waals surface area contributed by atoms with Crippen molar-refractivity contribution in [3.05, 3.63) is 18.0 Å². The third kappa shape index (κ3) is 3.58. The average Bonchev–Trinajstić information content (AvgIpc) is 3.13. The van der Waals surface area contributed by atoms with E-state index in [0.717, 1.165) is 31.6 Å². The van der Waals surface area contributed by atoms with Crippen LogP contribution < -0.4 is 5.73 Å². The minimum Gasteiger partial charge on any atom is -0.327 e. The maximum absolute atomic E-state index is 6.11. The summed E-state index contributed by atoms with van der Waals surface area (Å²) in [7, 11) is 0. The first-order valence-corrected chi connectivity index (χ1v) is 7.54. The molecule has 0 saturated heterocycles. The van der Waals surface area contributed by atoms with Crippen molar-refractivity contribution < 1.29 is 0 Å². The maximum atomic E-state index is 6.11. The molecule has 0 spiro atoms. The molecule has 1 aromatic rings. The van der Waals surface area contributed by atoms with Crippen molar-refractivity contribution in [2.24, 2.45) is 11.7 Å². The van der Waals surface area contributed by atoms with Gasteiger partial charge in [-0.3, -0.25) is 4.68 Å². The van der Waals surface area contributed by atoms with Crippen molar-refractivity contribution in [3.8, 4) is 0 Å². The summed E-state index contributed by atoms with van der Waals surface area (Å²) in [5, 5.41) is 4.69. The molecule has 1 saturated carbocycles. The predicted molar refractivity (Wildman–Crippen MR) is 75.5 cm³/mol. The van der Waals surface area contributed by atoms with Gasteiger partial charge in [0.25, 0.3) is 0 Å². The van der Waals surface area contributed by atoms with Gasteiger partial charge in [0.2, 0.25) is 0 Å². The molecule has 2 N–H and O–H groups in total. The fourth-order valence-corrected chi connectivity index (χ4v) is 2.66. The van der Waals surface area contributed by atoms with Crippen molar-refractivity contribution in [2.45, 2.75) is 70.9 Å². The predicted octanol–water partition coefficient (Wildman–Crippen LogP) is 3.30. The van der Waals surface area contributed by atoms with E-state index in [9.17, 15) is 0 Å². The normalized spacial score (nSPS) is 17.3. The molecule has 0 aliphatic heterocycles. The van der Waals surface area contributed by atoms with Gasteiger partial charge in [-0.15, -0.1) is 0 Å². The molecule has 0 amide bonds. The Morgan fingerprint density at radius 2 is 2.11 bits per heavy atom. The molecule has 1 atom stereocenters. The van der Waals surface area contributed by atoms with E-state index in [1.165, 1.54) is 25.0 Å². The van der Waals surface area contributed by atoms with Crippen LogP contribution in [0, 0.1) is 5.92 Å². The number of rotatable bonds is 8. The van der Waals surface area contributed by atoms with E-state index in [0.29, 0.717) is 12.1 Å². The van der Waals surface area contributed by atoms with Gasteiger partial charge >= 0.3 is 0 Å². The molecule has 102 valence electrons. The van der Waals surface area contributed by atoms with Gasteiger partial charge in [-0.25, -0.2) is 0 Å². The summed E-state index contributed by atoms with van der Waals surface area (Å²) in [5.41, 5.74) is 7.34. The summed E-state index contributed by atoms with van der Waals surface area (Å²) >= 11 is 0. The summed E-state index contributed by atoms with van der Waals surface area (Å²) in [6.45, 7) is 4.45. The van der Waals surface area contributed by atoms with Crippen LogP contribution in [-0.4, -0.2) is 15.8 Å². The molecule has 1 aromatic heterocycles. The molecular formula is C15H27N3. The smallest absolute Gasteiger partial charge is 0.0624 e. The number of hydrogen-bond acceptors (Lipinski definition) is 2.